The molecule has 0 unspecified atom stereocenters. The molecule has 38 heavy (non-hydrogen) atoms. The van der Waals surface area contributed by atoms with E-state index >= 15 is 0 Å². The first-order chi connectivity index (χ1) is 18.4. The van der Waals surface area contributed by atoms with Crippen molar-refractivity contribution in [3.05, 3.63) is 102 Å². The van der Waals surface area contributed by atoms with Gasteiger partial charge in [0.2, 0.25) is 0 Å². The van der Waals surface area contributed by atoms with Crippen molar-refractivity contribution in [1.29, 1.82) is 0 Å². The van der Waals surface area contributed by atoms with E-state index in [0.717, 1.165) is 16.5 Å². The molecule has 0 fully saturated rings. The van der Waals surface area contributed by atoms with Crippen LogP contribution in [0.25, 0.3) is 6.08 Å². The highest BCUT2D eigenvalue weighted by Crippen LogP contribution is 2.38. The van der Waals surface area contributed by atoms with Gasteiger partial charge in [-0.05, 0) is 55.3 Å². The lowest BCUT2D eigenvalue weighted by molar-refractivity contribution is -0.139. The molecule has 0 saturated carbocycles. The van der Waals surface area contributed by atoms with Crippen LogP contribution in [0.2, 0.25) is 0 Å². The third-order valence-corrected chi connectivity index (χ3v) is 7.38. The molecule has 198 valence electrons. The number of ether oxygens (including phenoxy) is 3. The molecule has 7 nitrogen and oxygen atoms in total. The molecule has 0 saturated heterocycles. The van der Waals surface area contributed by atoms with Crippen LogP contribution in [0, 0.1) is 0 Å². The predicted octanol–water partition coefficient (Wildman–Crippen LogP) is 4.91. The molecule has 9 heteroatoms. The summed E-state index contributed by atoms with van der Waals surface area (Å²) in [5.74, 6) is 0.741. The number of benzene rings is 2. The van der Waals surface area contributed by atoms with Crippen LogP contribution >= 0.6 is 27.3 Å². The number of fused-ring (bicyclic) bond motifs is 1. The fourth-order valence-corrected chi connectivity index (χ4v) is 5.73. The average Bonchev–Trinajstić information content (AvgIpc) is 3.21. The average molecular weight is 598 g/mol. The molecular weight excluding hydrogens is 568 g/mol. The first-order valence-corrected chi connectivity index (χ1v) is 13.9. The lowest BCUT2D eigenvalue weighted by Gasteiger charge is -2.27. The van der Waals surface area contributed by atoms with Crippen molar-refractivity contribution >= 4 is 39.3 Å². The van der Waals surface area contributed by atoms with Crippen LogP contribution in [0.1, 0.15) is 43.9 Å². The Labute approximate surface area is 233 Å². The van der Waals surface area contributed by atoms with Crippen molar-refractivity contribution < 1.29 is 19.0 Å². The molecule has 0 spiro atoms. The zero-order valence-corrected chi connectivity index (χ0v) is 23.9. The summed E-state index contributed by atoms with van der Waals surface area (Å²) in [4.78, 5) is 32.6. The largest absolute Gasteiger partial charge is 0.496 e. The van der Waals surface area contributed by atoms with Gasteiger partial charge < -0.3 is 14.2 Å². The van der Waals surface area contributed by atoms with Crippen LogP contribution < -0.4 is 24.4 Å². The lowest BCUT2D eigenvalue weighted by Crippen LogP contribution is -2.40. The van der Waals surface area contributed by atoms with E-state index in [1.165, 1.54) is 11.3 Å². The Kier molecular flexibility index (Phi) is 9.01. The second kappa shape index (κ2) is 12.4. The highest BCUT2D eigenvalue weighted by Gasteiger charge is 2.36. The molecule has 0 amide bonds. The lowest BCUT2D eigenvalue weighted by atomic mass is 9.93. The molecule has 1 aromatic heterocycles. The van der Waals surface area contributed by atoms with Crippen LogP contribution in [-0.4, -0.2) is 30.9 Å². The topological polar surface area (TPSA) is 79.1 Å². The summed E-state index contributed by atoms with van der Waals surface area (Å²) < 4.78 is 19.6. The van der Waals surface area contributed by atoms with Crippen molar-refractivity contribution in [2.75, 3.05) is 20.3 Å². The molecule has 0 N–H and O–H groups in total. The predicted molar refractivity (Wildman–Crippen MR) is 152 cm³/mol. The number of thiazole rings is 1. The minimum Gasteiger partial charge on any atom is -0.496 e. The van der Waals surface area contributed by atoms with Crippen LogP contribution in [-0.2, 0) is 9.53 Å². The van der Waals surface area contributed by atoms with E-state index in [0.29, 0.717) is 50.7 Å². The van der Waals surface area contributed by atoms with E-state index in [9.17, 15) is 9.59 Å². The summed E-state index contributed by atoms with van der Waals surface area (Å²) in [6.45, 7) is 8.06. The monoisotopic (exact) mass is 596 g/mol. The Bertz CT molecular complexity index is 1570. The van der Waals surface area contributed by atoms with E-state index in [-0.39, 0.29) is 12.2 Å². The fraction of sp³-hybridized carbons (Fsp3) is 0.276. The molecule has 1 aliphatic rings. The van der Waals surface area contributed by atoms with Crippen LogP contribution in [0.3, 0.4) is 0 Å². The number of methoxy groups -OCH3 is 1. The van der Waals surface area contributed by atoms with Gasteiger partial charge in [-0.15, -0.1) is 0 Å². The van der Waals surface area contributed by atoms with E-state index in [1.54, 1.807) is 24.7 Å². The number of allylic oxidation sites excluding steroid dienone is 1. The minimum absolute atomic E-state index is 0.207. The van der Waals surface area contributed by atoms with Crippen molar-refractivity contribution in [1.82, 2.24) is 4.57 Å². The second-order valence-electron chi connectivity index (χ2n) is 8.47. The van der Waals surface area contributed by atoms with Gasteiger partial charge in [0.25, 0.3) is 5.56 Å². The van der Waals surface area contributed by atoms with Gasteiger partial charge in [-0.25, -0.2) is 9.79 Å². The molecule has 3 aromatic rings. The molecule has 4 rings (SSSR count). The van der Waals surface area contributed by atoms with Gasteiger partial charge in [0.1, 0.15) is 24.1 Å². The number of hydrogen-bond donors (Lipinski definition) is 0. The second-order valence-corrected chi connectivity index (χ2v) is 10.4. The standard InChI is InChI=1S/C29H29BrN2O5S/c1-5-9-22-25(28(34)36-7-3)26(21-17-19(30)12-13-23(21)35-4)32-27(33)24(38-29(32)31-22)16-18-10-8-11-20(15-18)37-14-6-2/h6,8,10-13,15-17,26H,2,5,7,9,14H2,1,3-4H3/b24-16+/t26-/m0/s1. The number of hydrogen-bond acceptors (Lipinski definition) is 7. The maximum atomic E-state index is 13.9. The van der Waals surface area contributed by atoms with Gasteiger partial charge in [-0.3, -0.25) is 9.36 Å². The first-order valence-electron chi connectivity index (χ1n) is 12.3. The normalized spacial score (nSPS) is 15.1. The summed E-state index contributed by atoms with van der Waals surface area (Å²) in [5.41, 5.74) is 2.19. The molecule has 1 aliphatic heterocycles. The Balaban J connectivity index is 1.98. The molecule has 0 aliphatic carbocycles. The van der Waals surface area contributed by atoms with Crippen molar-refractivity contribution in [2.45, 2.75) is 32.7 Å². The highest BCUT2D eigenvalue weighted by atomic mass is 79.9. The zero-order valence-electron chi connectivity index (χ0n) is 21.5. The highest BCUT2D eigenvalue weighted by molar-refractivity contribution is 9.10. The van der Waals surface area contributed by atoms with Crippen LogP contribution in [0.5, 0.6) is 11.5 Å². The van der Waals surface area contributed by atoms with Gasteiger partial charge in [0.05, 0.1) is 29.5 Å². The summed E-state index contributed by atoms with van der Waals surface area (Å²) >= 11 is 4.82. The molecule has 2 heterocycles. The molecule has 0 radical (unpaired) electrons. The van der Waals surface area contributed by atoms with Gasteiger partial charge in [-0.2, -0.15) is 0 Å². The van der Waals surface area contributed by atoms with Crippen molar-refractivity contribution in [3.63, 3.8) is 0 Å². The maximum absolute atomic E-state index is 13.9. The summed E-state index contributed by atoms with van der Waals surface area (Å²) in [6, 6.07) is 12.3. The summed E-state index contributed by atoms with van der Waals surface area (Å²) in [7, 11) is 1.57. The number of aromatic nitrogens is 1. The third-order valence-electron chi connectivity index (χ3n) is 5.90. The molecule has 1 atom stereocenters. The minimum atomic E-state index is -0.760. The van der Waals surface area contributed by atoms with Gasteiger partial charge >= 0.3 is 5.97 Å². The number of rotatable bonds is 10. The number of nitrogens with zero attached hydrogens (tertiary/aromatic N) is 2. The summed E-state index contributed by atoms with van der Waals surface area (Å²) in [6.07, 6.45) is 4.83. The van der Waals surface area contributed by atoms with Gasteiger partial charge in [0, 0.05) is 10.0 Å². The van der Waals surface area contributed by atoms with Crippen LogP contribution in [0.15, 0.2) is 80.6 Å². The zero-order chi connectivity index (χ0) is 27.2. The van der Waals surface area contributed by atoms with Gasteiger partial charge in [0.15, 0.2) is 4.80 Å². The maximum Gasteiger partial charge on any atom is 0.338 e. The Morgan fingerprint density at radius 1 is 1.24 bits per heavy atom. The number of carbonyl (C=O) groups excluding carboxylic acids is 1. The van der Waals surface area contributed by atoms with Crippen LogP contribution in [0.4, 0.5) is 0 Å². The fourth-order valence-electron chi connectivity index (χ4n) is 4.33. The molecule has 2 aromatic carbocycles. The molecule has 0 bridgehead atoms. The SMILES string of the molecule is C=CCOc1cccc(/C=c2/sc3n(c2=O)[C@@H](c2cc(Br)ccc2OC)C(C(=O)OCC)=C(CCC)N=3)c1. The third kappa shape index (κ3) is 5.68. The number of carbonyl (C=O) groups is 1. The summed E-state index contributed by atoms with van der Waals surface area (Å²) in [5, 5.41) is 0. The van der Waals surface area contributed by atoms with E-state index in [4.69, 9.17) is 19.2 Å². The first kappa shape index (κ1) is 27.6. The Morgan fingerprint density at radius 3 is 2.76 bits per heavy atom. The Morgan fingerprint density at radius 2 is 2.05 bits per heavy atom. The smallest absolute Gasteiger partial charge is 0.338 e. The van der Waals surface area contributed by atoms with E-state index < -0.39 is 12.0 Å². The van der Waals surface area contributed by atoms with Crippen molar-refractivity contribution in [2.24, 2.45) is 4.99 Å². The van der Waals surface area contributed by atoms with Gasteiger partial charge in [-0.1, -0.05) is 65.4 Å². The quantitative estimate of drug-likeness (QED) is 0.245. The van der Waals surface area contributed by atoms with E-state index in [2.05, 4.69) is 22.5 Å². The number of halogens is 1. The van der Waals surface area contributed by atoms with Crippen molar-refractivity contribution in [3.8, 4) is 11.5 Å². The number of esters is 1. The van der Waals surface area contributed by atoms with E-state index in [1.807, 2.05) is 55.5 Å². The molecular formula is C29H29BrN2O5S. The Hall–Kier alpha value is -3.43.